The number of sulfonamides is 1. The summed E-state index contributed by atoms with van der Waals surface area (Å²) in [7, 11) is -2.66. The van der Waals surface area contributed by atoms with Crippen LogP contribution in [0.4, 0.5) is 4.39 Å². The Hall–Kier alpha value is -0.360. The predicted molar refractivity (Wildman–Crippen MR) is 52.7 cm³/mol. The fourth-order valence-electron chi connectivity index (χ4n) is 0.820. The first kappa shape index (κ1) is 11.7. The average Bonchev–Trinajstić information content (AvgIpc) is 2.11. The van der Waals surface area contributed by atoms with E-state index in [1.165, 1.54) is 7.05 Å². The van der Waals surface area contributed by atoms with Gasteiger partial charge in [-0.2, -0.15) is 0 Å². The Balaban J connectivity index is 3.45. The monoisotopic (exact) mass is 257 g/mol. The molecule has 0 fully saturated rings. The van der Waals surface area contributed by atoms with Crippen molar-refractivity contribution in [1.29, 1.82) is 0 Å². The number of halogens is 3. The molecule has 0 aromatic heterocycles. The summed E-state index contributed by atoms with van der Waals surface area (Å²) in [6.07, 6.45) is 0. The van der Waals surface area contributed by atoms with Gasteiger partial charge in [-0.05, 0) is 19.2 Å². The molecular formula is C7H6Cl2FNO2S. The van der Waals surface area contributed by atoms with Gasteiger partial charge in [0.2, 0.25) is 10.0 Å². The Morgan fingerprint density at radius 1 is 1.29 bits per heavy atom. The summed E-state index contributed by atoms with van der Waals surface area (Å²) in [5.74, 6) is -0.936. The fraction of sp³-hybridized carbons (Fsp3) is 0.143. The molecule has 0 aliphatic rings. The largest absolute Gasteiger partial charge is 0.243 e. The van der Waals surface area contributed by atoms with Gasteiger partial charge in [0, 0.05) is 0 Å². The van der Waals surface area contributed by atoms with Crippen LogP contribution in [0.5, 0.6) is 0 Å². The highest BCUT2D eigenvalue weighted by atomic mass is 35.5. The van der Waals surface area contributed by atoms with Crippen molar-refractivity contribution >= 4 is 33.2 Å². The van der Waals surface area contributed by atoms with Crippen molar-refractivity contribution in [3.05, 3.63) is 28.0 Å². The maximum atomic E-state index is 13.2. The smallest absolute Gasteiger partial charge is 0.214 e. The third-order valence-corrected chi connectivity index (χ3v) is 3.68. The molecule has 0 heterocycles. The number of hydrogen-bond acceptors (Lipinski definition) is 2. The molecule has 0 amide bonds. The molecule has 0 radical (unpaired) electrons. The molecule has 7 heteroatoms. The van der Waals surface area contributed by atoms with E-state index in [0.717, 1.165) is 12.1 Å². The van der Waals surface area contributed by atoms with Crippen LogP contribution in [0.3, 0.4) is 0 Å². The number of benzene rings is 1. The van der Waals surface area contributed by atoms with Crippen LogP contribution in [0.15, 0.2) is 17.0 Å². The van der Waals surface area contributed by atoms with Crippen LogP contribution in [-0.2, 0) is 10.0 Å². The van der Waals surface area contributed by atoms with Crippen molar-refractivity contribution < 1.29 is 12.8 Å². The molecule has 78 valence electrons. The highest BCUT2D eigenvalue weighted by molar-refractivity contribution is 7.89. The average molecular weight is 258 g/mol. The lowest BCUT2D eigenvalue weighted by Crippen LogP contribution is -2.19. The van der Waals surface area contributed by atoms with Crippen LogP contribution >= 0.6 is 23.2 Å². The molecule has 1 aromatic carbocycles. The number of nitrogens with one attached hydrogen (secondary N) is 1. The third-order valence-electron chi connectivity index (χ3n) is 1.53. The Labute approximate surface area is 90.9 Å². The van der Waals surface area contributed by atoms with Crippen molar-refractivity contribution in [2.45, 2.75) is 4.90 Å². The van der Waals surface area contributed by atoms with E-state index >= 15 is 0 Å². The summed E-state index contributed by atoms with van der Waals surface area (Å²) in [4.78, 5) is -0.519. The summed E-state index contributed by atoms with van der Waals surface area (Å²) in [5.41, 5.74) is 0. The molecular weight excluding hydrogens is 252 g/mol. The Morgan fingerprint density at radius 3 is 2.29 bits per heavy atom. The molecule has 1 aromatic rings. The molecule has 14 heavy (non-hydrogen) atoms. The first-order chi connectivity index (χ1) is 6.38. The van der Waals surface area contributed by atoms with Gasteiger partial charge in [-0.3, -0.25) is 0 Å². The topological polar surface area (TPSA) is 46.2 Å². The van der Waals surface area contributed by atoms with Crippen molar-refractivity contribution in [2.75, 3.05) is 7.05 Å². The van der Waals surface area contributed by atoms with E-state index in [1.54, 1.807) is 0 Å². The van der Waals surface area contributed by atoms with Crippen molar-refractivity contribution in [3.8, 4) is 0 Å². The summed E-state index contributed by atoms with van der Waals surface area (Å²) < 4.78 is 37.6. The van der Waals surface area contributed by atoms with Gasteiger partial charge in [-0.25, -0.2) is 17.5 Å². The zero-order valence-electron chi connectivity index (χ0n) is 7.01. The Morgan fingerprint density at radius 2 is 1.79 bits per heavy atom. The molecule has 0 spiro atoms. The molecule has 0 bridgehead atoms. The van der Waals surface area contributed by atoms with E-state index in [0.29, 0.717) is 0 Å². The minimum Gasteiger partial charge on any atom is -0.214 e. The molecule has 0 saturated heterocycles. The van der Waals surface area contributed by atoms with Crippen molar-refractivity contribution in [1.82, 2.24) is 4.72 Å². The van der Waals surface area contributed by atoms with E-state index in [1.807, 2.05) is 4.72 Å². The lowest BCUT2D eigenvalue weighted by molar-refractivity contribution is 0.561. The fourth-order valence-corrected chi connectivity index (χ4v) is 2.01. The van der Waals surface area contributed by atoms with Gasteiger partial charge in [0.05, 0.1) is 10.0 Å². The van der Waals surface area contributed by atoms with Gasteiger partial charge in [-0.15, -0.1) is 0 Å². The van der Waals surface area contributed by atoms with Crippen LogP contribution in [0, 0.1) is 5.82 Å². The predicted octanol–water partition coefficient (Wildman–Crippen LogP) is 2.04. The minimum absolute atomic E-state index is 0.0121. The van der Waals surface area contributed by atoms with Gasteiger partial charge < -0.3 is 0 Å². The van der Waals surface area contributed by atoms with Gasteiger partial charge in [-0.1, -0.05) is 23.2 Å². The van der Waals surface area contributed by atoms with Crippen LogP contribution in [-0.4, -0.2) is 15.5 Å². The molecule has 0 aliphatic carbocycles. The summed E-state index contributed by atoms with van der Waals surface area (Å²) in [5, 5.41) is -0.0406. The van der Waals surface area contributed by atoms with E-state index in [9.17, 15) is 12.8 Å². The molecule has 0 unspecified atom stereocenters. The maximum absolute atomic E-state index is 13.2. The zero-order valence-corrected chi connectivity index (χ0v) is 9.34. The number of hydrogen-bond donors (Lipinski definition) is 1. The first-order valence-electron chi connectivity index (χ1n) is 3.46. The zero-order chi connectivity index (χ0) is 10.9. The van der Waals surface area contributed by atoms with E-state index in [2.05, 4.69) is 0 Å². The third kappa shape index (κ3) is 2.17. The quantitative estimate of drug-likeness (QED) is 0.825. The minimum atomic E-state index is -3.84. The van der Waals surface area contributed by atoms with Gasteiger partial charge >= 0.3 is 0 Å². The van der Waals surface area contributed by atoms with Crippen LogP contribution < -0.4 is 4.72 Å². The van der Waals surface area contributed by atoms with Crippen molar-refractivity contribution in [3.63, 3.8) is 0 Å². The van der Waals surface area contributed by atoms with Gasteiger partial charge in [0.15, 0.2) is 0 Å². The SMILES string of the molecule is CNS(=O)(=O)c1cc(Cl)c(Cl)cc1F. The normalized spacial score (nSPS) is 11.7. The second-order valence-corrected chi connectivity index (χ2v) is 5.07. The second-order valence-electron chi connectivity index (χ2n) is 2.40. The molecule has 0 aliphatic heterocycles. The molecule has 0 atom stereocenters. The Bertz CT molecular complexity index is 461. The molecule has 1 N–H and O–H groups in total. The van der Waals surface area contributed by atoms with Gasteiger partial charge in [0.1, 0.15) is 10.7 Å². The standard InChI is InChI=1S/C7H6Cl2FNO2S/c1-11-14(12,13)7-3-5(9)4(8)2-6(7)10/h2-3,11H,1H3. The van der Waals surface area contributed by atoms with E-state index < -0.39 is 20.7 Å². The number of rotatable bonds is 2. The van der Waals surface area contributed by atoms with E-state index in [4.69, 9.17) is 23.2 Å². The first-order valence-corrected chi connectivity index (χ1v) is 5.70. The summed E-state index contributed by atoms with van der Waals surface area (Å²) >= 11 is 11.1. The highest BCUT2D eigenvalue weighted by Crippen LogP contribution is 2.27. The van der Waals surface area contributed by atoms with Crippen LogP contribution in [0.2, 0.25) is 10.0 Å². The van der Waals surface area contributed by atoms with E-state index in [-0.39, 0.29) is 10.0 Å². The second kappa shape index (κ2) is 4.02. The Kier molecular flexibility index (Phi) is 3.36. The molecule has 3 nitrogen and oxygen atoms in total. The van der Waals surface area contributed by atoms with Crippen LogP contribution in [0.1, 0.15) is 0 Å². The molecule has 0 saturated carbocycles. The lowest BCUT2D eigenvalue weighted by atomic mass is 10.3. The highest BCUT2D eigenvalue weighted by Gasteiger charge is 2.18. The summed E-state index contributed by atoms with van der Waals surface area (Å²) in [6, 6.07) is 1.82. The van der Waals surface area contributed by atoms with Gasteiger partial charge in [0.25, 0.3) is 0 Å². The lowest BCUT2D eigenvalue weighted by Gasteiger charge is -2.05. The maximum Gasteiger partial charge on any atom is 0.243 e. The van der Waals surface area contributed by atoms with Crippen LogP contribution in [0.25, 0.3) is 0 Å². The summed E-state index contributed by atoms with van der Waals surface area (Å²) in [6.45, 7) is 0. The molecule has 1 rings (SSSR count). The van der Waals surface area contributed by atoms with Crippen molar-refractivity contribution in [2.24, 2.45) is 0 Å².